The molecule has 0 saturated carbocycles. The molecule has 0 saturated heterocycles. The van der Waals surface area contributed by atoms with Gasteiger partial charge in [-0.15, -0.1) is 0 Å². The van der Waals surface area contributed by atoms with Crippen molar-refractivity contribution in [3.63, 3.8) is 0 Å². The molecule has 0 radical (unpaired) electrons. The molecule has 0 heterocycles. The molecule has 0 aliphatic rings. The first-order valence-corrected chi connectivity index (χ1v) is 7.02. The summed E-state index contributed by atoms with van der Waals surface area (Å²) in [6.45, 7) is 2.51. The molecule has 1 aromatic rings. The van der Waals surface area contributed by atoms with Crippen LogP contribution in [0, 0.1) is 3.57 Å². The van der Waals surface area contributed by atoms with Gasteiger partial charge in [-0.3, -0.25) is 9.59 Å². The van der Waals surface area contributed by atoms with E-state index in [2.05, 4.69) is 33.2 Å². The molecule has 5 heteroatoms. The molecule has 0 aliphatic heterocycles. The number of hydrogen-bond donors (Lipinski definition) is 2. The predicted molar refractivity (Wildman–Crippen MR) is 80.3 cm³/mol. The molecule has 2 amide bonds. The van der Waals surface area contributed by atoms with E-state index in [1.165, 1.54) is 0 Å². The van der Waals surface area contributed by atoms with E-state index in [0.717, 1.165) is 9.26 Å². The van der Waals surface area contributed by atoms with Gasteiger partial charge in [0.05, 0.1) is 5.69 Å². The van der Waals surface area contributed by atoms with E-state index in [1.807, 2.05) is 31.2 Å². The number of carbonyl (C=O) groups excluding carboxylic acids is 2. The molecule has 98 valence electrons. The first kappa shape index (κ1) is 14.9. The van der Waals surface area contributed by atoms with Crippen LogP contribution in [0.1, 0.15) is 26.2 Å². The molecule has 0 fully saturated rings. The fourth-order valence-electron chi connectivity index (χ4n) is 1.47. The number of benzene rings is 1. The van der Waals surface area contributed by atoms with Crippen LogP contribution in [0.2, 0.25) is 0 Å². The predicted octanol–water partition coefficient (Wildman–Crippen LogP) is 2.54. The van der Waals surface area contributed by atoms with Gasteiger partial charge in [-0.25, -0.2) is 0 Å². The maximum absolute atomic E-state index is 11.7. The van der Waals surface area contributed by atoms with Gasteiger partial charge in [-0.05, 0) is 48.1 Å². The van der Waals surface area contributed by atoms with Gasteiger partial charge in [-0.1, -0.05) is 12.1 Å². The third-order valence-electron chi connectivity index (χ3n) is 2.33. The van der Waals surface area contributed by atoms with Crippen LogP contribution in [-0.4, -0.2) is 18.4 Å². The minimum absolute atomic E-state index is 0.000378. The van der Waals surface area contributed by atoms with Crippen LogP contribution in [0.25, 0.3) is 0 Å². The number of rotatable bonds is 6. The first-order valence-electron chi connectivity index (χ1n) is 5.94. The average molecular weight is 360 g/mol. The van der Waals surface area contributed by atoms with Crippen molar-refractivity contribution in [2.75, 3.05) is 11.9 Å². The number of para-hydroxylation sites is 1. The van der Waals surface area contributed by atoms with E-state index in [-0.39, 0.29) is 11.8 Å². The summed E-state index contributed by atoms with van der Waals surface area (Å²) in [5, 5.41) is 5.54. The summed E-state index contributed by atoms with van der Waals surface area (Å²) in [6.07, 6.45) is 1.33. The van der Waals surface area contributed by atoms with E-state index in [4.69, 9.17) is 0 Å². The Morgan fingerprint density at radius 3 is 2.50 bits per heavy atom. The number of anilines is 1. The third kappa shape index (κ3) is 5.48. The molecule has 18 heavy (non-hydrogen) atoms. The van der Waals surface area contributed by atoms with Gasteiger partial charge < -0.3 is 10.6 Å². The topological polar surface area (TPSA) is 58.2 Å². The standard InChI is InChI=1S/C13H17IN2O2/c1-2-15-12(17)8-5-9-13(18)16-11-7-4-3-6-10(11)14/h3-4,6-7H,2,5,8-9H2,1H3,(H,15,17)(H,16,18). The monoisotopic (exact) mass is 360 g/mol. The van der Waals surface area contributed by atoms with Gasteiger partial charge in [0.1, 0.15) is 0 Å². The molecular formula is C13H17IN2O2. The molecule has 0 unspecified atom stereocenters. The van der Waals surface area contributed by atoms with Crippen LogP contribution >= 0.6 is 22.6 Å². The van der Waals surface area contributed by atoms with Gasteiger partial charge >= 0.3 is 0 Å². The Balaban J connectivity index is 2.30. The van der Waals surface area contributed by atoms with Crippen molar-refractivity contribution < 1.29 is 9.59 Å². The van der Waals surface area contributed by atoms with E-state index in [0.29, 0.717) is 25.8 Å². The fraction of sp³-hybridized carbons (Fsp3) is 0.385. The van der Waals surface area contributed by atoms with E-state index >= 15 is 0 Å². The van der Waals surface area contributed by atoms with Crippen molar-refractivity contribution in [2.24, 2.45) is 0 Å². The second-order valence-electron chi connectivity index (χ2n) is 3.84. The minimum Gasteiger partial charge on any atom is -0.356 e. The lowest BCUT2D eigenvalue weighted by Crippen LogP contribution is -2.22. The van der Waals surface area contributed by atoms with Gasteiger partial charge in [0, 0.05) is 23.0 Å². The molecular weight excluding hydrogens is 343 g/mol. The third-order valence-corrected chi connectivity index (χ3v) is 3.27. The Morgan fingerprint density at radius 2 is 1.83 bits per heavy atom. The van der Waals surface area contributed by atoms with Gasteiger partial charge in [0.25, 0.3) is 0 Å². The normalized spacial score (nSPS) is 9.89. The van der Waals surface area contributed by atoms with Crippen molar-refractivity contribution in [3.8, 4) is 0 Å². The van der Waals surface area contributed by atoms with Gasteiger partial charge in [-0.2, -0.15) is 0 Å². The highest BCUT2D eigenvalue weighted by Crippen LogP contribution is 2.17. The largest absolute Gasteiger partial charge is 0.356 e. The summed E-state index contributed by atoms with van der Waals surface area (Å²) >= 11 is 2.17. The zero-order chi connectivity index (χ0) is 13.4. The second-order valence-corrected chi connectivity index (χ2v) is 5.00. The lowest BCUT2D eigenvalue weighted by Gasteiger charge is -2.07. The van der Waals surface area contributed by atoms with Crippen LogP contribution in [0.4, 0.5) is 5.69 Å². The minimum atomic E-state index is -0.0524. The summed E-state index contributed by atoms with van der Waals surface area (Å²) < 4.78 is 1.01. The average Bonchev–Trinajstić information content (AvgIpc) is 2.32. The van der Waals surface area contributed by atoms with Gasteiger partial charge in [0.2, 0.25) is 11.8 Å². The summed E-state index contributed by atoms with van der Waals surface area (Å²) in [6, 6.07) is 7.60. The highest BCUT2D eigenvalue weighted by molar-refractivity contribution is 14.1. The maximum Gasteiger partial charge on any atom is 0.224 e. The summed E-state index contributed by atoms with van der Waals surface area (Å²) in [4.78, 5) is 22.9. The number of amides is 2. The number of hydrogen-bond acceptors (Lipinski definition) is 2. The molecule has 0 aromatic heterocycles. The molecule has 0 atom stereocenters. The van der Waals surface area contributed by atoms with E-state index < -0.39 is 0 Å². The molecule has 0 bridgehead atoms. The number of halogens is 1. The van der Waals surface area contributed by atoms with E-state index in [9.17, 15) is 9.59 Å². The Hall–Kier alpha value is -1.11. The SMILES string of the molecule is CCNC(=O)CCCC(=O)Nc1ccccc1I. The molecule has 1 aromatic carbocycles. The molecule has 0 aliphatic carbocycles. The second kappa shape index (κ2) is 8.07. The molecule has 1 rings (SSSR count). The van der Waals surface area contributed by atoms with Crippen molar-refractivity contribution in [1.29, 1.82) is 0 Å². The molecule has 4 nitrogen and oxygen atoms in total. The Morgan fingerprint density at radius 1 is 1.17 bits per heavy atom. The first-order chi connectivity index (χ1) is 8.63. The summed E-state index contributed by atoms with van der Waals surface area (Å²) in [5.41, 5.74) is 0.820. The van der Waals surface area contributed by atoms with Crippen molar-refractivity contribution in [3.05, 3.63) is 27.8 Å². The number of carbonyl (C=O) groups is 2. The van der Waals surface area contributed by atoms with Crippen molar-refractivity contribution in [1.82, 2.24) is 5.32 Å². The summed E-state index contributed by atoms with van der Waals surface area (Å²) in [5.74, 6) is -0.0528. The van der Waals surface area contributed by atoms with Crippen LogP contribution in [-0.2, 0) is 9.59 Å². The smallest absolute Gasteiger partial charge is 0.224 e. The molecule has 0 spiro atoms. The summed E-state index contributed by atoms with van der Waals surface area (Å²) in [7, 11) is 0. The molecule has 2 N–H and O–H groups in total. The lowest BCUT2D eigenvalue weighted by molar-refractivity contribution is -0.121. The van der Waals surface area contributed by atoms with E-state index in [1.54, 1.807) is 0 Å². The maximum atomic E-state index is 11.7. The zero-order valence-electron chi connectivity index (χ0n) is 10.3. The lowest BCUT2D eigenvalue weighted by atomic mass is 10.2. The Kier molecular flexibility index (Phi) is 6.70. The van der Waals surface area contributed by atoms with Crippen molar-refractivity contribution in [2.45, 2.75) is 26.2 Å². The van der Waals surface area contributed by atoms with Gasteiger partial charge in [0.15, 0.2) is 0 Å². The Labute approximate surface area is 121 Å². The number of nitrogens with one attached hydrogen (secondary N) is 2. The quantitative estimate of drug-likeness (QED) is 0.766. The van der Waals surface area contributed by atoms with Crippen LogP contribution in [0.5, 0.6) is 0 Å². The van der Waals surface area contributed by atoms with Crippen LogP contribution < -0.4 is 10.6 Å². The zero-order valence-corrected chi connectivity index (χ0v) is 12.5. The highest BCUT2D eigenvalue weighted by atomic mass is 127. The van der Waals surface area contributed by atoms with Crippen LogP contribution in [0.3, 0.4) is 0 Å². The van der Waals surface area contributed by atoms with Crippen LogP contribution in [0.15, 0.2) is 24.3 Å². The highest BCUT2D eigenvalue weighted by Gasteiger charge is 2.06. The van der Waals surface area contributed by atoms with Crippen molar-refractivity contribution >= 4 is 40.1 Å². The Bertz CT molecular complexity index is 421. The fourth-order valence-corrected chi connectivity index (χ4v) is 1.99.